The smallest absolute Gasteiger partial charge is 0.338 e. The molecule has 0 aliphatic heterocycles. The summed E-state index contributed by atoms with van der Waals surface area (Å²) in [6.45, 7) is 5.35. The van der Waals surface area contributed by atoms with Crippen LogP contribution >= 0.6 is 0 Å². The molecule has 1 rings (SSSR count). The van der Waals surface area contributed by atoms with E-state index in [1.54, 1.807) is 6.07 Å². The summed E-state index contributed by atoms with van der Waals surface area (Å²) < 4.78 is 4.96. The summed E-state index contributed by atoms with van der Waals surface area (Å²) in [6, 6.07) is 7.72. The zero-order valence-corrected chi connectivity index (χ0v) is 14.0. The number of nitrogens with one attached hydrogen (secondary N) is 2. The van der Waals surface area contributed by atoms with Crippen molar-refractivity contribution in [2.24, 2.45) is 0 Å². The average molecular weight is 331 g/mol. The van der Waals surface area contributed by atoms with E-state index < -0.39 is 11.9 Å². The van der Waals surface area contributed by atoms with E-state index in [2.05, 4.69) is 10.6 Å². The van der Waals surface area contributed by atoms with E-state index in [-0.39, 0.29) is 30.0 Å². The molecule has 128 valence electrons. The molecular formula is C17H21N3O4. The summed E-state index contributed by atoms with van der Waals surface area (Å²) in [5.41, 5.74) is 0.373. The van der Waals surface area contributed by atoms with Gasteiger partial charge in [-0.05, 0) is 44.5 Å². The fourth-order valence-corrected chi connectivity index (χ4v) is 1.68. The number of hydrogen-bond donors (Lipinski definition) is 2. The Kier molecular flexibility index (Phi) is 6.93. The molecule has 0 fully saturated rings. The lowest BCUT2D eigenvalue weighted by Crippen LogP contribution is -2.44. The third kappa shape index (κ3) is 6.48. The van der Waals surface area contributed by atoms with E-state index in [0.29, 0.717) is 5.69 Å². The van der Waals surface area contributed by atoms with Gasteiger partial charge in [-0.1, -0.05) is 6.92 Å². The number of nitrogens with zero attached hydrogens (tertiary/aromatic N) is 1. The van der Waals surface area contributed by atoms with Gasteiger partial charge in [-0.25, -0.2) is 4.79 Å². The van der Waals surface area contributed by atoms with Crippen LogP contribution in [0.5, 0.6) is 0 Å². The molecule has 7 heteroatoms. The normalized spacial score (nSPS) is 10.4. The van der Waals surface area contributed by atoms with Crippen LogP contribution in [0.15, 0.2) is 24.3 Å². The number of anilines is 1. The van der Waals surface area contributed by atoms with Gasteiger partial charge in [0.15, 0.2) is 6.61 Å². The van der Waals surface area contributed by atoms with Gasteiger partial charge >= 0.3 is 5.97 Å². The second kappa shape index (κ2) is 8.67. The Morgan fingerprint density at radius 1 is 1.17 bits per heavy atom. The van der Waals surface area contributed by atoms with E-state index in [4.69, 9.17) is 10.00 Å². The summed E-state index contributed by atoms with van der Waals surface area (Å²) in [4.78, 5) is 34.9. The van der Waals surface area contributed by atoms with Crippen molar-refractivity contribution in [3.8, 4) is 6.07 Å². The van der Waals surface area contributed by atoms with E-state index in [0.717, 1.165) is 6.42 Å². The highest BCUT2D eigenvalue weighted by molar-refractivity contribution is 5.94. The van der Waals surface area contributed by atoms with Crippen LogP contribution in [0.4, 0.5) is 5.69 Å². The van der Waals surface area contributed by atoms with Crippen molar-refractivity contribution in [3.63, 3.8) is 0 Å². The Bertz CT molecular complexity index is 645. The number of rotatable bonds is 7. The van der Waals surface area contributed by atoms with Gasteiger partial charge in [0.1, 0.15) is 6.42 Å². The first-order valence-corrected chi connectivity index (χ1v) is 7.52. The largest absolute Gasteiger partial charge is 0.452 e. The molecule has 0 aromatic heterocycles. The molecule has 7 nitrogen and oxygen atoms in total. The minimum Gasteiger partial charge on any atom is -0.452 e. The lowest BCUT2D eigenvalue weighted by Gasteiger charge is -2.24. The first-order chi connectivity index (χ1) is 11.3. The van der Waals surface area contributed by atoms with Crippen molar-refractivity contribution >= 4 is 23.5 Å². The molecule has 0 saturated heterocycles. The van der Waals surface area contributed by atoms with Crippen molar-refractivity contribution < 1.29 is 19.1 Å². The fourth-order valence-electron chi connectivity index (χ4n) is 1.68. The van der Waals surface area contributed by atoms with Crippen LogP contribution < -0.4 is 10.6 Å². The molecule has 0 unspecified atom stereocenters. The Balaban J connectivity index is 2.53. The highest BCUT2D eigenvalue weighted by Crippen LogP contribution is 2.11. The van der Waals surface area contributed by atoms with Crippen LogP contribution in [0.2, 0.25) is 0 Å². The Morgan fingerprint density at radius 3 is 2.33 bits per heavy atom. The van der Waals surface area contributed by atoms with Crippen LogP contribution in [-0.2, 0) is 14.3 Å². The van der Waals surface area contributed by atoms with Gasteiger partial charge < -0.3 is 15.4 Å². The molecule has 0 atom stereocenters. The minimum atomic E-state index is -0.630. The van der Waals surface area contributed by atoms with E-state index >= 15 is 0 Å². The number of amides is 2. The summed E-state index contributed by atoms with van der Waals surface area (Å²) in [5.74, 6) is -1.42. The Labute approximate surface area is 141 Å². The summed E-state index contributed by atoms with van der Waals surface area (Å²) in [7, 11) is 0. The summed E-state index contributed by atoms with van der Waals surface area (Å²) in [5, 5.41) is 13.7. The number of ether oxygens (including phenoxy) is 1. The highest BCUT2D eigenvalue weighted by Gasteiger charge is 2.19. The molecule has 2 N–H and O–H groups in total. The average Bonchev–Trinajstić information content (AvgIpc) is 2.53. The van der Waals surface area contributed by atoms with Gasteiger partial charge in [0, 0.05) is 11.2 Å². The highest BCUT2D eigenvalue weighted by atomic mass is 16.5. The standard InChI is InChI=1S/C17H21N3O4/c1-4-17(2,3)20-15(22)11-24-16(23)12-5-7-13(8-6-12)19-14(21)9-10-18/h5-8H,4,9,11H2,1-3H3,(H,19,21)(H,20,22). The molecule has 1 aromatic carbocycles. The lowest BCUT2D eigenvalue weighted by atomic mass is 10.0. The molecule has 1 aromatic rings. The molecule has 0 heterocycles. The maximum absolute atomic E-state index is 11.9. The number of benzene rings is 1. The van der Waals surface area contributed by atoms with Crippen LogP contribution in [0.3, 0.4) is 0 Å². The third-order valence-corrected chi connectivity index (χ3v) is 3.34. The molecule has 0 aliphatic carbocycles. The molecule has 0 spiro atoms. The molecular weight excluding hydrogens is 310 g/mol. The van der Waals surface area contributed by atoms with Gasteiger partial charge in [0.2, 0.25) is 5.91 Å². The minimum absolute atomic E-state index is 0.243. The molecule has 24 heavy (non-hydrogen) atoms. The monoisotopic (exact) mass is 331 g/mol. The van der Waals surface area contributed by atoms with Gasteiger partial charge in [0.05, 0.1) is 11.6 Å². The second-order valence-corrected chi connectivity index (χ2v) is 5.82. The van der Waals surface area contributed by atoms with E-state index in [1.165, 1.54) is 24.3 Å². The van der Waals surface area contributed by atoms with Crippen LogP contribution in [0, 0.1) is 11.3 Å². The first-order valence-electron chi connectivity index (χ1n) is 7.52. The van der Waals surface area contributed by atoms with Gasteiger partial charge in [-0.3, -0.25) is 9.59 Å². The number of esters is 1. The van der Waals surface area contributed by atoms with E-state index in [9.17, 15) is 14.4 Å². The Morgan fingerprint density at radius 2 is 1.79 bits per heavy atom. The van der Waals surface area contributed by atoms with Gasteiger partial charge in [0.25, 0.3) is 5.91 Å². The number of nitriles is 1. The fraction of sp³-hybridized carbons (Fsp3) is 0.412. The second-order valence-electron chi connectivity index (χ2n) is 5.82. The predicted molar refractivity (Wildman–Crippen MR) is 88.1 cm³/mol. The van der Waals surface area contributed by atoms with Crippen LogP contribution in [-0.4, -0.2) is 29.9 Å². The molecule has 0 saturated carbocycles. The van der Waals surface area contributed by atoms with Crippen molar-refractivity contribution in [3.05, 3.63) is 29.8 Å². The van der Waals surface area contributed by atoms with E-state index in [1.807, 2.05) is 20.8 Å². The van der Waals surface area contributed by atoms with Crippen molar-refractivity contribution in [1.82, 2.24) is 5.32 Å². The SMILES string of the molecule is CCC(C)(C)NC(=O)COC(=O)c1ccc(NC(=O)CC#N)cc1. The van der Waals surface area contributed by atoms with Gasteiger partial charge in [-0.15, -0.1) is 0 Å². The maximum Gasteiger partial charge on any atom is 0.338 e. The van der Waals surface area contributed by atoms with Crippen LogP contribution in [0.25, 0.3) is 0 Å². The number of carbonyl (C=O) groups excluding carboxylic acids is 3. The van der Waals surface area contributed by atoms with Crippen molar-refractivity contribution in [2.45, 2.75) is 39.2 Å². The predicted octanol–water partition coefficient (Wildman–Crippen LogP) is 2.00. The molecule has 0 bridgehead atoms. The van der Waals surface area contributed by atoms with Crippen molar-refractivity contribution in [1.29, 1.82) is 5.26 Å². The quantitative estimate of drug-likeness (QED) is 0.743. The zero-order chi connectivity index (χ0) is 18.2. The molecule has 0 aliphatic rings. The summed E-state index contributed by atoms with van der Waals surface area (Å²) in [6.07, 6.45) is 0.513. The van der Waals surface area contributed by atoms with Gasteiger partial charge in [-0.2, -0.15) is 5.26 Å². The zero-order valence-electron chi connectivity index (χ0n) is 14.0. The third-order valence-electron chi connectivity index (χ3n) is 3.34. The number of hydrogen-bond acceptors (Lipinski definition) is 5. The van der Waals surface area contributed by atoms with Crippen LogP contribution in [0.1, 0.15) is 44.0 Å². The summed E-state index contributed by atoms with van der Waals surface area (Å²) >= 11 is 0. The molecule has 0 radical (unpaired) electrons. The lowest BCUT2D eigenvalue weighted by molar-refractivity contribution is -0.125. The topological polar surface area (TPSA) is 108 Å². The molecule has 2 amide bonds. The maximum atomic E-state index is 11.9. The Hall–Kier alpha value is -2.88. The first kappa shape index (κ1) is 19.2. The van der Waals surface area contributed by atoms with Crippen molar-refractivity contribution in [2.75, 3.05) is 11.9 Å². The number of carbonyl (C=O) groups is 3.